The van der Waals surface area contributed by atoms with Gasteiger partial charge in [0.25, 0.3) is 0 Å². The van der Waals surface area contributed by atoms with Gasteiger partial charge in [-0.25, -0.2) is 0 Å². The summed E-state index contributed by atoms with van der Waals surface area (Å²) in [6.07, 6.45) is 67.6. The highest BCUT2D eigenvalue weighted by molar-refractivity contribution is 5.70. The summed E-state index contributed by atoms with van der Waals surface area (Å²) in [4.78, 5) is 25.4. The van der Waals surface area contributed by atoms with Crippen molar-refractivity contribution in [2.45, 2.75) is 258 Å². The normalized spacial score (nSPS) is 12.8. The highest BCUT2D eigenvalue weighted by atomic mass is 16.6. The van der Waals surface area contributed by atoms with Gasteiger partial charge in [0.05, 0.1) is 6.61 Å². The Bertz CT molecular complexity index is 1110. The van der Waals surface area contributed by atoms with Crippen molar-refractivity contribution in [3.8, 4) is 0 Å². The molecule has 5 nitrogen and oxygen atoms in total. The zero-order chi connectivity index (χ0) is 44.9. The first kappa shape index (κ1) is 59.3. The van der Waals surface area contributed by atoms with Gasteiger partial charge in [-0.1, -0.05) is 196 Å². The van der Waals surface area contributed by atoms with Crippen molar-refractivity contribution in [1.29, 1.82) is 0 Å². The number of esters is 2. The third-order valence-corrected chi connectivity index (χ3v) is 11.2. The Labute approximate surface area is 385 Å². The lowest BCUT2D eigenvalue weighted by Crippen LogP contribution is -2.30. The number of carbonyl (C=O) groups excluding carboxylic acids is 2. The van der Waals surface area contributed by atoms with Gasteiger partial charge in [0.1, 0.15) is 6.61 Å². The molecule has 5 heteroatoms. The van der Waals surface area contributed by atoms with Crippen LogP contribution in [0.3, 0.4) is 0 Å². The lowest BCUT2D eigenvalue weighted by atomic mass is 10.1. The molecule has 1 atom stereocenters. The number of hydrogen-bond acceptors (Lipinski definition) is 5. The predicted octanol–water partition coefficient (Wildman–Crippen LogP) is 17.9. The largest absolute Gasteiger partial charge is 0.462 e. The first-order valence-corrected chi connectivity index (χ1v) is 26.5. The van der Waals surface area contributed by atoms with Crippen molar-refractivity contribution in [2.75, 3.05) is 19.8 Å². The van der Waals surface area contributed by atoms with Crippen LogP contribution < -0.4 is 0 Å². The molecule has 0 aliphatic heterocycles. The standard InChI is InChI=1S/C57H100O5/c1-4-7-10-13-16-19-22-25-28-31-34-37-40-43-46-49-52-60-53-55(62-57(59)51-48-45-42-39-36-33-30-27-24-21-18-15-12-9-6-3)54-61-56(58)50-47-44-41-38-35-32-29-26-23-20-17-14-11-8-5-2/h16-21,25-30,55H,4-15,22-24,31-54H2,1-3H3/b19-16-,20-17-,21-18-,28-25-,29-26-,30-27-. The molecule has 0 aliphatic rings. The molecule has 0 bridgehead atoms. The van der Waals surface area contributed by atoms with E-state index in [2.05, 4.69) is 93.7 Å². The second-order valence-electron chi connectivity index (χ2n) is 17.4. The summed E-state index contributed by atoms with van der Waals surface area (Å²) in [6.45, 7) is 7.71. The van der Waals surface area contributed by atoms with Gasteiger partial charge in [-0.2, -0.15) is 0 Å². The molecule has 0 amide bonds. The molecule has 62 heavy (non-hydrogen) atoms. The van der Waals surface area contributed by atoms with Gasteiger partial charge in [-0.3, -0.25) is 9.59 Å². The van der Waals surface area contributed by atoms with Gasteiger partial charge in [0, 0.05) is 19.4 Å². The van der Waals surface area contributed by atoms with Crippen LogP contribution in [0.15, 0.2) is 72.9 Å². The molecule has 0 aromatic carbocycles. The molecule has 0 spiro atoms. The van der Waals surface area contributed by atoms with E-state index in [1.54, 1.807) is 0 Å². The van der Waals surface area contributed by atoms with Gasteiger partial charge in [-0.15, -0.1) is 0 Å². The maximum absolute atomic E-state index is 12.8. The van der Waals surface area contributed by atoms with Crippen LogP contribution in [-0.2, 0) is 23.8 Å². The predicted molar refractivity (Wildman–Crippen MR) is 270 cm³/mol. The van der Waals surface area contributed by atoms with Gasteiger partial charge < -0.3 is 14.2 Å². The smallest absolute Gasteiger partial charge is 0.306 e. The minimum Gasteiger partial charge on any atom is -0.462 e. The van der Waals surface area contributed by atoms with Crippen LogP contribution in [0.25, 0.3) is 0 Å². The Hall–Kier alpha value is -2.66. The van der Waals surface area contributed by atoms with Crippen molar-refractivity contribution in [3.05, 3.63) is 72.9 Å². The van der Waals surface area contributed by atoms with E-state index < -0.39 is 6.10 Å². The van der Waals surface area contributed by atoms with E-state index in [9.17, 15) is 9.59 Å². The van der Waals surface area contributed by atoms with Gasteiger partial charge in [0.15, 0.2) is 6.10 Å². The summed E-state index contributed by atoms with van der Waals surface area (Å²) in [6, 6.07) is 0. The zero-order valence-corrected chi connectivity index (χ0v) is 41.1. The molecular weight excluding hydrogens is 765 g/mol. The summed E-state index contributed by atoms with van der Waals surface area (Å²) >= 11 is 0. The molecule has 358 valence electrons. The lowest BCUT2D eigenvalue weighted by molar-refractivity contribution is -0.163. The van der Waals surface area contributed by atoms with Crippen molar-refractivity contribution in [1.82, 2.24) is 0 Å². The number of ether oxygens (including phenoxy) is 3. The zero-order valence-electron chi connectivity index (χ0n) is 41.1. The molecule has 0 aromatic rings. The minimum absolute atomic E-state index is 0.0662. The molecule has 0 heterocycles. The number of unbranched alkanes of at least 4 members (excludes halogenated alkanes) is 25. The van der Waals surface area contributed by atoms with Crippen molar-refractivity contribution < 1.29 is 23.8 Å². The maximum Gasteiger partial charge on any atom is 0.306 e. The van der Waals surface area contributed by atoms with Crippen LogP contribution >= 0.6 is 0 Å². The summed E-state index contributed by atoms with van der Waals surface area (Å²) < 4.78 is 17.4. The van der Waals surface area contributed by atoms with Crippen molar-refractivity contribution in [3.63, 3.8) is 0 Å². The van der Waals surface area contributed by atoms with E-state index >= 15 is 0 Å². The topological polar surface area (TPSA) is 61.8 Å². The third-order valence-electron chi connectivity index (χ3n) is 11.2. The molecule has 0 N–H and O–H groups in total. The molecule has 0 saturated carbocycles. The van der Waals surface area contributed by atoms with E-state index in [1.807, 2.05) is 0 Å². The van der Waals surface area contributed by atoms with Crippen LogP contribution in [0.4, 0.5) is 0 Å². The molecule has 0 aromatic heterocycles. The fraction of sp³-hybridized carbons (Fsp3) is 0.754. The lowest BCUT2D eigenvalue weighted by Gasteiger charge is -2.18. The fourth-order valence-corrected chi connectivity index (χ4v) is 7.19. The molecule has 0 saturated heterocycles. The summed E-state index contributed by atoms with van der Waals surface area (Å²) in [5.74, 6) is -0.432. The van der Waals surface area contributed by atoms with Crippen LogP contribution in [0.1, 0.15) is 252 Å². The van der Waals surface area contributed by atoms with Crippen LogP contribution in [0.5, 0.6) is 0 Å². The summed E-state index contributed by atoms with van der Waals surface area (Å²) in [5, 5.41) is 0. The highest BCUT2D eigenvalue weighted by Crippen LogP contribution is 2.13. The quantitative estimate of drug-likeness (QED) is 0.0346. The van der Waals surface area contributed by atoms with Crippen molar-refractivity contribution >= 4 is 11.9 Å². The Kier molecular flexibility index (Phi) is 50.4. The average Bonchev–Trinajstić information content (AvgIpc) is 3.27. The monoisotopic (exact) mass is 865 g/mol. The number of rotatable bonds is 48. The Morgan fingerprint density at radius 2 is 0.677 bits per heavy atom. The van der Waals surface area contributed by atoms with Gasteiger partial charge >= 0.3 is 11.9 Å². The van der Waals surface area contributed by atoms with Gasteiger partial charge in [0.2, 0.25) is 0 Å². The van der Waals surface area contributed by atoms with E-state index in [0.717, 1.165) is 83.5 Å². The Morgan fingerprint density at radius 3 is 1.06 bits per heavy atom. The molecule has 0 rings (SSSR count). The Morgan fingerprint density at radius 1 is 0.355 bits per heavy atom. The summed E-state index contributed by atoms with van der Waals surface area (Å²) in [7, 11) is 0. The maximum atomic E-state index is 12.8. The van der Waals surface area contributed by atoms with E-state index in [4.69, 9.17) is 14.2 Å². The summed E-state index contributed by atoms with van der Waals surface area (Å²) in [5.41, 5.74) is 0. The molecule has 0 aliphatic carbocycles. The number of allylic oxidation sites excluding steroid dienone is 12. The highest BCUT2D eigenvalue weighted by Gasteiger charge is 2.17. The van der Waals surface area contributed by atoms with Crippen molar-refractivity contribution in [2.24, 2.45) is 0 Å². The second kappa shape index (κ2) is 52.7. The average molecular weight is 865 g/mol. The molecular formula is C57H100O5. The van der Waals surface area contributed by atoms with E-state index in [0.29, 0.717) is 19.4 Å². The number of hydrogen-bond donors (Lipinski definition) is 0. The van der Waals surface area contributed by atoms with Crippen LogP contribution in [-0.4, -0.2) is 37.9 Å². The molecule has 1 unspecified atom stereocenters. The minimum atomic E-state index is -0.557. The molecule has 0 fully saturated rings. The third kappa shape index (κ3) is 50.0. The second-order valence-corrected chi connectivity index (χ2v) is 17.4. The molecule has 0 radical (unpaired) electrons. The van der Waals surface area contributed by atoms with E-state index in [1.165, 1.54) is 135 Å². The Balaban J connectivity index is 4.34. The van der Waals surface area contributed by atoms with Gasteiger partial charge in [-0.05, 0) is 116 Å². The first-order valence-electron chi connectivity index (χ1n) is 26.5. The SMILES string of the molecule is CCCCC/C=C\C/C=C\CCCCCCCCOCC(COC(=O)CCCCCCC/C=C\C/C=C\CCCCC)OC(=O)CCCCCCC/C=C\C/C=C\CCCCC. The first-order chi connectivity index (χ1) is 30.6. The fourth-order valence-electron chi connectivity index (χ4n) is 7.19. The number of carbonyl (C=O) groups is 2. The van der Waals surface area contributed by atoms with E-state index in [-0.39, 0.29) is 25.2 Å². The van der Waals surface area contributed by atoms with Crippen LogP contribution in [0, 0.1) is 0 Å². The van der Waals surface area contributed by atoms with Crippen LogP contribution in [0.2, 0.25) is 0 Å².